The van der Waals surface area contributed by atoms with E-state index >= 15 is 0 Å². The molecule has 0 bridgehead atoms. The maximum atomic E-state index is 12.3. The molecule has 2 aromatic rings. The standard InChI is InChI=1S/C18H20N4O/c23-18(21-22-11-14-7-4-8-15(14)12-22)16-9-19-17(20-10-16)13-5-2-1-3-6-13/h1-3,5-6,9-10,14-15H,4,7-8,11-12H2,(H,21,23). The number of hydrogen-bond donors (Lipinski definition) is 1. The number of carbonyl (C=O) groups excluding carboxylic acids is 1. The van der Waals surface area contributed by atoms with Crippen LogP contribution in [0.3, 0.4) is 0 Å². The molecule has 0 spiro atoms. The summed E-state index contributed by atoms with van der Waals surface area (Å²) in [6.45, 7) is 1.94. The average molecular weight is 308 g/mol. The number of hydrogen-bond acceptors (Lipinski definition) is 4. The first-order valence-electron chi connectivity index (χ1n) is 8.23. The summed E-state index contributed by atoms with van der Waals surface area (Å²) >= 11 is 0. The van der Waals surface area contributed by atoms with Crippen molar-refractivity contribution in [3.8, 4) is 11.4 Å². The highest BCUT2D eigenvalue weighted by atomic mass is 16.2. The minimum absolute atomic E-state index is 0.121. The molecule has 4 rings (SSSR count). The van der Waals surface area contributed by atoms with Crippen LogP contribution in [0.15, 0.2) is 42.7 Å². The van der Waals surface area contributed by atoms with Crippen LogP contribution in [0.2, 0.25) is 0 Å². The van der Waals surface area contributed by atoms with Gasteiger partial charge in [0.05, 0.1) is 5.56 Å². The largest absolute Gasteiger partial charge is 0.285 e. The van der Waals surface area contributed by atoms with Crippen molar-refractivity contribution in [2.45, 2.75) is 19.3 Å². The van der Waals surface area contributed by atoms with E-state index in [9.17, 15) is 4.79 Å². The molecule has 2 fully saturated rings. The Kier molecular flexibility index (Phi) is 3.79. The number of hydrazine groups is 1. The van der Waals surface area contributed by atoms with E-state index in [1.807, 2.05) is 30.3 Å². The van der Waals surface area contributed by atoms with Crippen LogP contribution < -0.4 is 5.43 Å². The molecule has 1 saturated heterocycles. The van der Waals surface area contributed by atoms with Crippen LogP contribution in [0, 0.1) is 11.8 Å². The van der Waals surface area contributed by atoms with E-state index in [4.69, 9.17) is 0 Å². The Balaban J connectivity index is 1.41. The van der Waals surface area contributed by atoms with Crippen molar-refractivity contribution in [2.75, 3.05) is 13.1 Å². The molecule has 1 aliphatic heterocycles. The predicted molar refractivity (Wildman–Crippen MR) is 87.3 cm³/mol. The summed E-state index contributed by atoms with van der Waals surface area (Å²) in [4.78, 5) is 21.0. The van der Waals surface area contributed by atoms with Gasteiger partial charge in [0.15, 0.2) is 5.82 Å². The van der Waals surface area contributed by atoms with E-state index in [-0.39, 0.29) is 5.91 Å². The Morgan fingerprint density at radius 2 is 1.70 bits per heavy atom. The molecule has 2 heterocycles. The van der Waals surface area contributed by atoms with Crippen LogP contribution in [0.5, 0.6) is 0 Å². The molecule has 5 heteroatoms. The lowest BCUT2D eigenvalue weighted by Crippen LogP contribution is -2.41. The fraction of sp³-hybridized carbons (Fsp3) is 0.389. The molecule has 1 aliphatic carbocycles. The number of fused-ring (bicyclic) bond motifs is 1. The summed E-state index contributed by atoms with van der Waals surface area (Å²) in [5.41, 5.74) is 4.45. The lowest BCUT2D eigenvalue weighted by Gasteiger charge is -2.17. The number of nitrogens with one attached hydrogen (secondary N) is 1. The van der Waals surface area contributed by atoms with E-state index in [2.05, 4.69) is 20.4 Å². The van der Waals surface area contributed by atoms with Crippen LogP contribution in [0.25, 0.3) is 11.4 Å². The van der Waals surface area contributed by atoms with Crippen molar-refractivity contribution in [3.63, 3.8) is 0 Å². The van der Waals surface area contributed by atoms with Crippen LogP contribution >= 0.6 is 0 Å². The van der Waals surface area contributed by atoms with Gasteiger partial charge in [-0.15, -0.1) is 0 Å². The fourth-order valence-electron chi connectivity index (χ4n) is 3.72. The van der Waals surface area contributed by atoms with Crippen molar-refractivity contribution in [2.24, 2.45) is 11.8 Å². The molecule has 1 N–H and O–H groups in total. The Morgan fingerprint density at radius 3 is 2.35 bits per heavy atom. The molecule has 118 valence electrons. The third-order valence-corrected chi connectivity index (χ3v) is 4.93. The zero-order chi connectivity index (χ0) is 15.6. The lowest BCUT2D eigenvalue weighted by atomic mass is 10.0. The normalized spacial score (nSPS) is 23.7. The topological polar surface area (TPSA) is 58.1 Å². The van der Waals surface area contributed by atoms with Gasteiger partial charge in [0.2, 0.25) is 0 Å². The van der Waals surface area contributed by atoms with Crippen LogP contribution in [-0.4, -0.2) is 34.0 Å². The van der Waals surface area contributed by atoms with Gasteiger partial charge < -0.3 is 0 Å². The Morgan fingerprint density at radius 1 is 1.04 bits per heavy atom. The van der Waals surface area contributed by atoms with Gasteiger partial charge in [-0.1, -0.05) is 36.8 Å². The third kappa shape index (κ3) is 2.97. The smallest absolute Gasteiger partial charge is 0.268 e. The predicted octanol–water partition coefficient (Wildman–Crippen LogP) is 2.52. The number of aromatic nitrogens is 2. The molecule has 0 radical (unpaired) electrons. The van der Waals surface area contributed by atoms with E-state index < -0.39 is 0 Å². The van der Waals surface area contributed by atoms with Crippen molar-refractivity contribution < 1.29 is 4.79 Å². The minimum atomic E-state index is -0.121. The Bertz CT molecular complexity index is 674. The molecule has 2 aliphatic rings. The molecular weight excluding hydrogens is 288 g/mol. The third-order valence-electron chi connectivity index (χ3n) is 4.93. The van der Waals surface area contributed by atoms with Gasteiger partial charge in [-0.05, 0) is 24.7 Å². The van der Waals surface area contributed by atoms with Gasteiger partial charge in [0, 0.05) is 31.0 Å². The van der Waals surface area contributed by atoms with E-state index in [0.717, 1.165) is 30.5 Å². The zero-order valence-corrected chi connectivity index (χ0v) is 13.0. The lowest BCUT2D eigenvalue weighted by molar-refractivity contribution is 0.0814. The average Bonchev–Trinajstić information content (AvgIpc) is 3.17. The molecule has 2 unspecified atom stereocenters. The minimum Gasteiger partial charge on any atom is -0.285 e. The first-order chi connectivity index (χ1) is 11.3. The van der Waals surface area contributed by atoms with Crippen LogP contribution in [0.1, 0.15) is 29.6 Å². The second-order valence-electron chi connectivity index (χ2n) is 6.46. The zero-order valence-electron chi connectivity index (χ0n) is 13.0. The van der Waals surface area contributed by atoms with E-state index in [1.54, 1.807) is 12.4 Å². The fourth-order valence-corrected chi connectivity index (χ4v) is 3.72. The second-order valence-corrected chi connectivity index (χ2v) is 6.46. The summed E-state index contributed by atoms with van der Waals surface area (Å²) in [6, 6.07) is 9.76. The Labute approximate surface area is 135 Å². The monoisotopic (exact) mass is 308 g/mol. The van der Waals surface area contributed by atoms with Gasteiger partial charge in [0.25, 0.3) is 5.91 Å². The SMILES string of the molecule is O=C(NN1CC2CCCC2C1)c1cnc(-c2ccccc2)nc1. The number of nitrogens with zero attached hydrogens (tertiary/aromatic N) is 3. The van der Waals surface area contributed by atoms with Crippen LogP contribution in [-0.2, 0) is 0 Å². The van der Waals surface area contributed by atoms with Gasteiger partial charge in [-0.25, -0.2) is 15.0 Å². The molecule has 1 saturated carbocycles. The quantitative estimate of drug-likeness (QED) is 0.946. The first kappa shape index (κ1) is 14.3. The highest BCUT2D eigenvalue weighted by Crippen LogP contribution is 2.36. The summed E-state index contributed by atoms with van der Waals surface area (Å²) < 4.78 is 0. The summed E-state index contributed by atoms with van der Waals surface area (Å²) in [6.07, 6.45) is 7.13. The first-order valence-corrected chi connectivity index (χ1v) is 8.23. The van der Waals surface area contributed by atoms with Gasteiger partial charge >= 0.3 is 0 Å². The van der Waals surface area contributed by atoms with Crippen molar-refractivity contribution in [1.29, 1.82) is 0 Å². The number of amides is 1. The summed E-state index contributed by atoms with van der Waals surface area (Å²) in [5, 5.41) is 2.06. The van der Waals surface area contributed by atoms with Gasteiger partial charge in [-0.3, -0.25) is 10.2 Å². The van der Waals surface area contributed by atoms with Crippen molar-refractivity contribution in [1.82, 2.24) is 20.4 Å². The van der Waals surface area contributed by atoms with Crippen molar-refractivity contribution >= 4 is 5.91 Å². The summed E-state index contributed by atoms with van der Waals surface area (Å²) in [5.74, 6) is 2.03. The van der Waals surface area contributed by atoms with Crippen molar-refractivity contribution in [3.05, 3.63) is 48.3 Å². The number of rotatable bonds is 3. The number of benzene rings is 1. The molecule has 1 aromatic carbocycles. The highest BCUT2D eigenvalue weighted by Gasteiger charge is 2.36. The summed E-state index contributed by atoms with van der Waals surface area (Å²) in [7, 11) is 0. The highest BCUT2D eigenvalue weighted by molar-refractivity contribution is 5.93. The van der Waals surface area contributed by atoms with Gasteiger partial charge in [0.1, 0.15) is 0 Å². The van der Waals surface area contributed by atoms with E-state index in [0.29, 0.717) is 11.4 Å². The molecule has 5 nitrogen and oxygen atoms in total. The second kappa shape index (κ2) is 6.08. The molecule has 1 amide bonds. The maximum Gasteiger partial charge on any atom is 0.268 e. The molecule has 23 heavy (non-hydrogen) atoms. The Hall–Kier alpha value is -2.27. The number of carbonyl (C=O) groups is 1. The molecule has 2 atom stereocenters. The molecule has 1 aromatic heterocycles. The maximum absolute atomic E-state index is 12.3. The van der Waals surface area contributed by atoms with Crippen LogP contribution in [0.4, 0.5) is 0 Å². The molecular formula is C18H20N4O. The van der Waals surface area contributed by atoms with Gasteiger partial charge in [-0.2, -0.15) is 0 Å². The van der Waals surface area contributed by atoms with E-state index in [1.165, 1.54) is 19.3 Å².